The van der Waals surface area contributed by atoms with Crippen molar-refractivity contribution in [2.24, 2.45) is 0 Å². The summed E-state index contributed by atoms with van der Waals surface area (Å²) in [6.07, 6.45) is 0. The maximum Gasteiger partial charge on any atom is 0.221 e. The molecular weight excluding hydrogens is 440 g/mol. The Balaban J connectivity index is 0.000000589. The van der Waals surface area contributed by atoms with E-state index in [4.69, 9.17) is 9.90 Å². The summed E-state index contributed by atoms with van der Waals surface area (Å²) in [6, 6.07) is 20.1. The molecule has 30 heavy (non-hydrogen) atoms. The van der Waals surface area contributed by atoms with Crippen LogP contribution in [0.2, 0.25) is 0 Å². The number of hydrogen-bond donors (Lipinski definition) is 0. The van der Waals surface area contributed by atoms with Crippen molar-refractivity contribution < 1.29 is 14.5 Å². The molecule has 4 nitrogen and oxygen atoms in total. The molecule has 5 heteroatoms. The zero-order valence-electron chi connectivity index (χ0n) is 17.9. The van der Waals surface area contributed by atoms with Crippen LogP contribution in [0.25, 0.3) is 10.8 Å². The predicted molar refractivity (Wildman–Crippen MR) is 126 cm³/mol. The van der Waals surface area contributed by atoms with Crippen LogP contribution in [0.15, 0.2) is 59.1 Å². The van der Waals surface area contributed by atoms with Gasteiger partial charge in [0.05, 0.1) is 10.9 Å². The minimum atomic E-state index is -1.08. The van der Waals surface area contributed by atoms with Crippen LogP contribution in [0.4, 0.5) is 11.4 Å². The van der Waals surface area contributed by atoms with E-state index < -0.39 is 5.97 Å². The minimum absolute atomic E-state index is 0.957. The number of anilines is 1. The van der Waals surface area contributed by atoms with E-state index >= 15 is 0 Å². The van der Waals surface area contributed by atoms with Crippen molar-refractivity contribution in [3.8, 4) is 0 Å². The largest absolute Gasteiger partial charge is 0.550 e. The number of rotatable bonds is 5. The van der Waals surface area contributed by atoms with Crippen molar-refractivity contribution in [2.45, 2.75) is 27.7 Å². The van der Waals surface area contributed by atoms with E-state index in [-0.39, 0.29) is 0 Å². The van der Waals surface area contributed by atoms with Gasteiger partial charge in [-0.15, -0.1) is 0 Å². The highest BCUT2D eigenvalue weighted by Crippen LogP contribution is 2.40. The zero-order valence-corrected chi connectivity index (χ0v) is 19.5. The van der Waals surface area contributed by atoms with E-state index in [1.807, 2.05) is 0 Å². The van der Waals surface area contributed by atoms with Crippen LogP contribution >= 0.6 is 15.9 Å². The summed E-state index contributed by atoms with van der Waals surface area (Å²) < 4.78 is 3.60. The van der Waals surface area contributed by atoms with Crippen LogP contribution < -0.4 is 10.0 Å². The van der Waals surface area contributed by atoms with Crippen molar-refractivity contribution in [1.29, 1.82) is 0 Å². The van der Waals surface area contributed by atoms with Crippen molar-refractivity contribution in [2.75, 3.05) is 24.5 Å². The summed E-state index contributed by atoms with van der Waals surface area (Å²) >= 11 is 3.72. The number of carbonyl (C=O) groups is 1. The highest BCUT2D eigenvalue weighted by molar-refractivity contribution is 9.10. The third-order valence-electron chi connectivity index (χ3n) is 5.37. The van der Waals surface area contributed by atoms with E-state index in [2.05, 4.69) is 101 Å². The maximum atomic E-state index is 8.89. The molecule has 0 spiro atoms. The summed E-state index contributed by atoms with van der Waals surface area (Å²) in [5, 5.41) is 11.5. The van der Waals surface area contributed by atoms with Gasteiger partial charge < -0.3 is 14.8 Å². The standard InChI is InChI=1S/C23H24BrN2.C2H4O2/c1-4-25(5-2)17-12-10-16(11-13-17)23-19-9-7-8-18-20(24)14-15-21(22(18)19)26(23)6-3;1-2(3)4/h7-15H,4-6H2,1-3H3;1H3,(H,3,4)/q+1;/p-1. The lowest BCUT2D eigenvalue weighted by molar-refractivity contribution is -0.431. The number of nitrogens with zero attached hydrogens (tertiary/aromatic N) is 2. The molecule has 3 aromatic rings. The van der Waals surface area contributed by atoms with Crippen LogP contribution in [0, 0.1) is 0 Å². The van der Waals surface area contributed by atoms with Crippen LogP contribution in [-0.4, -0.2) is 35.9 Å². The molecule has 0 aliphatic carbocycles. The summed E-state index contributed by atoms with van der Waals surface area (Å²) in [7, 11) is 0. The third-order valence-corrected chi connectivity index (χ3v) is 6.06. The van der Waals surface area contributed by atoms with Gasteiger partial charge >= 0.3 is 0 Å². The molecule has 0 bridgehead atoms. The maximum absolute atomic E-state index is 8.89. The van der Waals surface area contributed by atoms with Gasteiger partial charge in [-0.25, -0.2) is 0 Å². The van der Waals surface area contributed by atoms with Gasteiger partial charge in [0.2, 0.25) is 11.4 Å². The Morgan fingerprint density at radius 1 is 1.00 bits per heavy atom. The monoisotopic (exact) mass is 466 g/mol. The van der Waals surface area contributed by atoms with E-state index in [9.17, 15) is 0 Å². The molecule has 0 fully saturated rings. The predicted octanol–water partition coefficient (Wildman–Crippen LogP) is 4.72. The van der Waals surface area contributed by atoms with Crippen molar-refractivity contribution in [1.82, 2.24) is 0 Å². The molecule has 0 atom stereocenters. The molecule has 0 unspecified atom stereocenters. The van der Waals surface area contributed by atoms with Crippen molar-refractivity contribution >= 4 is 49.8 Å². The summed E-state index contributed by atoms with van der Waals surface area (Å²) in [5.41, 5.74) is 6.53. The number of halogens is 1. The van der Waals surface area contributed by atoms with Gasteiger partial charge in [0.25, 0.3) is 0 Å². The average Bonchev–Trinajstić information content (AvgIpc) is 3.06. The Hall–Kier alpha value is -2.66. The third kappa shape index (κ3) is 4.12. The SMILES string of the molecule is CC(=O)[O-].CCN(CC)c1ccc(C2=[N+](CC)c3ccc(Br)c4cccc2c34)cc1. The number of carboxylic acids is 1. The molecule has 0 N–H and O–H groups in total. The Labute approximate surface area is 186 Å². The lowest BCUT2D eigenvalue weighted by atomic mass is 9.98. The Kier molecular flexibility index (Phi) is 6.93. The molecule has 0 saturated carbocycles. The van der Waals surface area contributed by atoms with Gasteiger partial charge in [0.1, 0.15) is 6.54 Å². The second kappa shape index (κ2) is 9.43. The van der Waals surface area contributed by atoms with Gasteiger partial charge in [0, 0.05) is 46.2 Å². The van der Waals surface area contributed by atoms with E-state index in [1.54, 1.807) is 0 Å². The Morgan fingerprint density at radius 3 is 2.20 bits per heavy atom. The second-order valence-corrected chi connectivity index (χ2v) is 7.95. The molecular formula is C25H27BrN2O2. The number of carboxylic acid groups (broad SMARTS) is 1. The molecule has 4 rings (SSSR count). The fraction of sp³-hybridized carbons (Fsp3) is 0.280. The number of benzene rings is 3. The first kappa shape index (κ1) is 22.0. The van der Waals surface area contributed by atoms with Gasteiger partial charge in [0.15, 0.2) is 0 Å². The fourth-order valence-corrected chi connectivity index (χ4v) is 4.56. The van der Waals surface area contributed by atoms with Crippen LogP contribution in [0.3, 0.4) is 0 Å². The van der Waals surface area contributed by atoms with Gasteiger partial charge in [-0.2, -0.15) is 4.58 Å². The summed E-state index contributed by atoms with van der Waals surface area (Å²) in [5.74, 6) is -1.08. The van der Waals surface area contributed by atoms with Crippen molar-refractivity contribution in [3.63, 3.8) is 0 Å². The molecule has 1 aliphatic rings. The van der Waals surface area contributed by atoms with Crippen molar-refractivity contribution in [3.05, 3.63) is 70.2 Å². The topological polar surface area (TPSA) is 46.4 Å². The van der Waals surface area contributed by atoms with Crippen LogP contribution in [0.1, 0.15) is 38.8 Å². The molecule has 0 aromatic heterocycles. The number of hydrogen-bond acceptors (Lipinski definition) is 3. The minimum Gasteiger partial charge on any atom is -0.550 e. The summed E-state index contributed by atoms with van der Waals surface area (Å²) in [6.45, 7) is 10.6. The first-order valence-corrected chi connectivity index (χ1v) is 11.1. The zero-order chi connectivity index (χ0) is 21.8. The quantitative estimate of drug-likeness (QED) is 0.511. The molecule has 0 saturated heterocycles. The van der Waals surface area contributed by atoms with Gasteiger partial charge in [-0.05, 0) is 64.1 Å². The highest BCUT2D eigenvalue weighted by Gasteiger charge is 2.32. The lowest BCUT2D eigenvalue weighted by Crippen LogP contribution is -2.22. The Bertz CT molecular complexity index is 1100. The normalized spacial score (nSPS) is 12.0. The summed E-state index contributed by atoms with van der Waals surface area (Å²) in [4.78, 5) is 11.3. The molecule has 1 aliphatic heterocycles. The highest BCUT2D eigenvalue weighted by atomic mass is 79.9. The molecule has 3 aromatic carbocycles. The molecule has 156 valence electrons. The number of aliphatic carboxylic acids is 1. The smallest absolute Gasteiger partial charge is 0.221 e. The van der Waals surface area contributed by atoms with Crippen LogP contribution in [0.5, 0.6) is 0 Å². The molecule has 0 radical (unpaired) electrons. The lowest BCUT2D eigenvalue weighted by Gasteiger charge is -2.21. The molecule has 1 heterocycles. The first-order valence-electron chi connectivity index (χ1n) is 10.3. The average molecular weight is 467 g/mol. The van der Waals surface area contributed by atoms with Gasteiger partial charge in [-0.3, -0.25) is 0 Å². The van der Waals surface area contributed by atoms with E-state index in [0.717, 1.165) is 31.0 Å². The Morgan fingerprint density at radius 2 is 1.63 bits per heavy atom. The second-order valence-electron chi connectivity index (χ2n) is 7.10. The van der Waals surface area contributed by atoms with E-state index in [0.29, 0.717) is 0 Å². The number of carbonyl (C=O) groups excluding carboxylic acids is 1. The van der Waals surface area contributed by atoms with Crippen LogP contribution in [-0.2, 0) is 4.79 Å². The van der Waals surface area contributed by atoms with Gasteiger partial charge in [-0.1, -0.05) is 28.1 Å². The molecule has 0 amide bonds. The fourth-order valence-electron chi connectivity index (χ4n) is 4.10. The van der Waals surface area contributed by atoms with E-state index in [1.165, 1.54) is 39.0 Å². The first-order chi connectivity index (χ1) is 14.4.